The van der Waals surface area contributed by atoms with Crippen molar-refractivity contribution in [3.63, 3.8) is 0 Å². The lowest BCUT2D eigenvalue weighted by molar-refractivity contribution is 0.139. The zero-order valence-corrected chi connectivity index (χ0v) is 13.6. The normalized spacial score (nSPS) is 21.5. The van der Waals surface area contributed by atoms with Crippen LogP contribution in [0.25, 0.3) is 0 Å². The van der Waals surface area contributed by atoms with E-state index in [1.807, 2.05) is 6.07 Å². The summed E-state index contributed by atoms with van der Waals surface area (Å²) in [5.41, 5.74) is 9.34. The highest BCUT2D eigenvalue weighted by atomic mass is 16.5. The number of nitrogens with two attached hydrogens (primary N) is 1. The van der Waals surface area contributed by atoms with Crippen LogP contribution in [0.2, 0.25) is 0 Å². The molecule has 0 unspecified atom stereocenters. The van der Waals surface area contributed by atoms with Crippen molar-refractivity contribution in [2.75, 3.05) is 37.8 Å². The van der Waals surface area contributed by atoms with Crippen molar-refractivity contribution in [3.05, 3.63) is 17.7 Å². The van der Waals surface area contributed by atoms with Gasteiger partial charge in [-0.05, 0) is 52.9 Å². The summed E-state index contributed by atoms with van der Waals surface area (Å²) >= 11 is 0. The Balaban J connectivity index is 1.84. The van der Waals surface area contributed by atoms with E-state index in [1.165, 1.54) is 24.1 Å². The number of hydrogen-bond donors (Lipinski definition) is 1. The number of anilines is 2. The predicted molar refractivity (Wildman–Crippen MR) is 88.2 cm³/mol. The second-order valence-electron chi connectivity index (χ2n) is 7.20. The van der Waals surface area contributed by atoms with Gasteiger partial charge >= 0.3 is 0 Å². The molecule has 116 valence electrons. The quantitative estimate of drug-likeness (QED) is 0.850. The molecule has 4 heteroatoms. The van der Waals surface area contributed by atoms with Crippen molar-refractivity contribution >= 4 is 11.4 Å². The summed E-state index contributed by atoms with van der Waals surface area (Å²) in [6.45, 7) is 6.49. The third-order valence-electron chi connectivity index (χ3n) is 4.78. The van der Waals surface area contributed by atoms with Gasteiger partial charge in [-0.1, -0.05) is 0 Å². The van der Waals surface area contributed by atoms with Crippen molar-refractivity contribution in [2.45, 2.75) is 44.8 Å². The van der Waals surface area contributed by atoms with Crippen LogP contribution in [0.3, 0.4) is 0 Å². The molecular formula is C17H27N3O. The van der Waals surface area contributed by atoms with Crippen LogP contribution in [0, 0.1) is 0 Å². The molecule has 2 aliphatic heterocycles. The van der Waals surface area contributed by atoms with E-state index in [2.05, 4.69) is 43.8 Å². The molecule has 2 aliphatic rings. The monoisotopic (exact) mass is 289 g/mol. The molecule has 21 heavy (non-hydrogen) atoms. The lowest BCUT2D eigenvalue weighted by atomic mass is 9.97. The van der Waals surface area contributed by atoms with E-state index in [1.54, 1.807) is 0 Å². The zero-order valence-electron chi connectivity index (χ0n) is 13.6. The summed E-state index contributed by atoms with van der Waals surface area (Å²) < 4.78 is 6.06. The smallest absolute Gasteiger partial charge is 0.148 e. The van der Waals surface area contributed by atoms with Crippen molar-refractivity contribution in [1.82, 2.24) is 4.90 Å². The molecule has 0 spiro atoms. The molecule has 0 radical (unpaired) electrons. The predicted octanol–water partition coefficient (Wildman–Crippen LogP) is 2.51. The number of fused-ring (bicyclic) bond motifs is 1. The maximum Gasteiger partial charge on any atom is 0.148 e. The van der Waals surface area contributed by atoms with Gasteiger partial charge in [0.2, 0.25) is 0 Å². The molecule has 4 nitrogen and oxygen atoms in total. The Kier molecular flexibility index (Phi) is 3.52. The number of rotatable bonds is 2. The molecule has 0 bridgehead atoms. The zero-order chi connectivity index (χ0) is 15.2. The second kappa shape index (κ2) is 5.09. The standard InChI is InChI=1S/C17H27N3O/c1-17(2)11-13-15(6-5-14(18)16(13)21-17)20-9-7-12(8-10-20)19(3)4/h5-6,12H,7-11,18H2,1-4H3. The van der Waals surface area contributed by atoms with Crippen LogP contribution in [-0.2, 0) is 6.42 Å². The minimum atomic E-state index is -0.144. The van der Waals surface area contributed by atoms with Gasteiger partial charge < -0.3 is 20.3 Å². The van der Waals surface area contributed by atoms with Gasteiger partial charge in [-0.15, -0.1) is 0 Å². The van der Waals surface area contributed by atoms with Crippen molar-refractivity contribution < 1.29 is 4.74 Å². The minimum Gasteiger partial charge on any atom is -0.485 e. The summed E-state index contributed by atoms with van der Waals surface area (Å²) in [5.74, 6) is 0.909. The number of nitrogens with zero attached hydrogens (tertiary/aromatic N) is 2. The van der Waals surface area contributed by atoms with Gasteiger partial charge in [0.05, 0.1) is 5.69 Å². The van der Waals surface area contributed by atoms with E-state index in [-0.39, 0.29) is 5.60 Å². The molecule has 0 saturated carbocycles. The average molecular weight is 289 g/mol. The average Bonchev–Trinajstić information content (AvgIpc) is 2.76. The van der Waals surface area contributed by atoms with Gasteiger partial charge in [0.1, 0.15) is 11.4 Å². The number of piperidine rings is 1. The van der Waals surface area contributed by atoms with Crippen LogP contribution in [0.15, 0.2) is 12.1 Å². The highest BCUT2D eigenvalue weighted by molar-refractivity contribution is 5.71. The fourth-order valence-corrected chi connectivity index (χ4v) is 3.58. The number of benzene rings is 1. The molecule has 0 atom stereocenters. The van der Waals surface area contributed by atoms with Crippen LogP contribution >= 0.6 is 0 Å². The van der Waals surface area contributed by atoms with Gasteiger partial charge in [0.25, 0.3) is 0 Å². The Morgan fingerprint density at radius 1 is 1.24 bits per heavy atom. The molecule has 1 saturated heterocycles. The van der Waals surface area contributed by atoms with Gasteiger partial charge in [-0.2, -0.15) is 0 Å². The summed E-state index contributed by atoms with van der Waals surface area (Å²) in [4.78, 5) is 4.85. The van der Waals surface area contributed by atoms with E-state index in [9.17, 15) is 0 Å². The molecule has 1 fully saturated rings. The van der Waals surface area contributed by atoms with Crippen LogP contribution < -0.4 is 15.4 Å². The van der Waals surface area contributed by atoms with Gasteiger partial charge in [0.15, 0.2) is 0 Å². The number of ether oxygens (including phenoxy) is 1. The maximum absolute atomic E-state index is 6.10. The Hall–Kier alpha value is -1.42. The topological polar surface area (TPSA) is 41.7 Å². The summed E-state index contributed by atoms with van der Waals surface area (Å²) in [7, 11) is 4.36. The van der Waals surface area contributed by atoms with Crippen LogP contribution in [0.5, 0.6) is 5.75 Å². The summed E-state index contributed by atoms with van der Waals surface area (Å²) in [6.07, 6.45) is 3.38. The van der Waals surface area contributed by atoms with Crippen LogP contribution in [-0.4, -0.2) is 43.7 Å². The first-order chi connectivity index (χ1) is 9.87. The first-order valence-electron chi connectivity index (χ1n) is 7.89. The molecule has 1 aromatic carbocycles. The van der Waals surface area contributed by atoms with Crippen LogP contribution in [0.1, 0.15) is 32.3 Å². The third-order valence-corrected chi connectivity index (χ3v) is 4.78. The SMILES string of the molecule is CN(C)C1CCN(c2ccc(N)c3c2CC(C)(C)O3)CC1. The van der Waals surface area contributed by atoms with Crippen LogP contribution in [0.4, 0.5) is 11.4 Å². The molecule has 0 amide bonds. The Morgan fingerprint density at radius 3 is 2.52 bits per heavy atom. The lowest BCUT2D eigenvalue weighted by Gasteiger charge is -2.37. The molecule has 2 heterocycles. The van der Waals surface area contributed by atoms with Gasteiger partial charge in [0, 0.05) is 36.8 Å². The molecule has 1 aromatic rings. The molecule has 3 rings (SSSR count). The fourth-order valence-electron chi connectivity index (χ4n) is 3.58. The Morgan fingerprint density at radius 2 is 1.90 bits per heavy atom. The Labute approximate surface area is 127 Å². The third kappa shape index (κ3) is 2.69. The number of nitrogen functional groups attached to an aromatic ring is 1. The van der Waals surface area contributed by atoms with E-state index >= 15 is 0 Å². The molecular weight excluding hydrogens is 262 g/mol. The van der Waals surface area contributed by atoms with Crippen molar-refractivity contribution in [3.8, 4) is 5.75 Å². The molecule has 0 aromatic heterocycles. The van der Waals surface area contributed by atoms with E-state index < -0.39 is 0 Å². The molecule has 0 aliphatic carbocycles. The highest BCUT2D eigenvalue weighted by Crippen LogP contribution is 2.44. The second-order valence-corrected chi connectivity index (χ2v) is 7.20. The van der Waals surface area contributed by atoms with E-state index in [0.29, 0.717) is 6.04 Å². The van der Waals surface area contributed by atoms with Crippen molar-refractivity contribution in [2.24, 2.45) is 0 Å². The van der Waals surface area contributed by atoms with E-state index in [0.717, 1.165) is 30.9 Å². The first kappa shape index (κ1) is 14.5. The highest BCUT2D eigenvalue weighted by Gasteiger charge is 2.35. The number of hydrogen-bond acceptors (Lipinski definition) is 4. The maximum atomic E-state index is 6.10. The summed E-state index contributed by atoms with van der Waals surface area (Å²) in [6, 6.07) is 4.87. The van der Waals surface area contributed by atoms with Gasteiger partial charge in [-0.25, -0.2) is 0 Å². The first-order valence-corrected chi connectivity index (χ1v) is 7.89. The van der Waals surface area contributed by atoms with Crippen molar-refractivity contribution in [1.29, 1.82) is 0 Å². The van der Waals surface area contributed by atoms with E-state index in [4.69, 9.17) is 10.5 Å². The molecule has 2 N–H and O–H groups in total. The van der Waals surface area contributed by atoms with Gasteiger partial charge in [-0.3, -0.25) is 0 Å². The Bertz CT molecular complexity index is 531. The fraction of sp³-hybridized carbons (Fsp3) is 0.647. The largest absolute Gasteiger partial charge is 0.485 e. The minimum absolute atomic E-state index is 0.144. The lowest BCUT2D eigenvalue weighted by Crippen LogP contribution is -2.42. The summed E-state index contributed by atoms with van der Waals surface area (Å²) in [5, 5.41) is 0.